The second kappa shape index (κ2) is 14.0. The van der Waals surface area contributed by atoms with Crippen LogP contribution in [-0.2, 0) is 16.0 Å². The van der Waals surface area contributed by atoms with E-state index in [1.165, 1.54) is 12.1 Å². The molecule has 174 valence electrons. The van der Waals surface area contributed by atoms with E-state index in [2.05, 4.69) is 34.7 Å². The molecule has 0 saturated carbocycles. The topological polar surface area (TPSA) is 78.0 Å². The largest absolute Gasteiger partial charge is 0.379 e. The molecule has 3 N–H and O–H groups in total. The van der Waals surface area contributed by atoms with Gasteiger partial charge in [0.2, 0.25) is 5.91 Å². The van der Waals surface area contributed by atoms with Crippen molar-refractivity contribution in [3.63, 3.8) is 0 Å². The first-order valence-electron chi connectivity index (χ1n) is 11.3. The van der Waals surface area contributed by atoms with E-state index in [0.717, 1.165) is 57.3 Å². The minimum Gasteiger partial charge on any atom is -0.379 e. The van der Waals surface area contributed by atoms with Crippen LogP contribution in [0.5, 0.6) is 0 Å². The summed E-state index contributed by atoms with van der Waals surface area (Å²) < 4.78 is 18.5. The number of rotatable bonds is 11. The number of halogens is 1. The minimum atomic E-state index is -0.298. The maximum absolute atomic E-state index is 13.0. The fraction of sp³-hybridized carbons (Fsp3) is 0.652. The molecule has 0 bridgehead atoms. The van der Waals surface area contributed by atoms with Crippen LogP contribution in [0.4, 0.5) is 4.39 Å². The van der Waals surface area contributed by atoms with Gasteiger partial charge < -0.3 is 20.7 Å². The van der Waals surface area contributed by atoms with E-state index in [-0.39, 0.29) is 18.1 Å². The molecule has 1 saturated heterocycles. The summed E-state index contributed by atoms with van der Waals surface area (Å²) in [6, 6.07) is 6.39. The molecule has 0 aliphatic carbocycles. The number of carbonyl (C=O) groups excluding carboxylic acids is 1. The van der Waals surface area contributed by atoms with Gasteiger partial charge in [0.1, 0.15) is 5.82 Å². The summed E-state index contributed by atoms with van der Waals surface area (Å²) >= 11 is 0. The van der Waals surface area contributed by atoms with Crippen LogP contribution >= 0.6 is 0 Å². The van der Waals surface area contributed by atoms with E-state index in [1.807, 2.05) is 6.92 Å². The summed E-state index contributed by atoms with van der Waals surface area (Å²) in [6.07, 6.45) is 1.34. The molecule has 1 amide bonds. The Hall–Kier alpha value is -2.19. The Balaban J connectivity index is 1.78. The number of ether oxygens (including phenoxy) is 1. The number of amides is 1. The number of hydrogen-bond donors (Lipinski definition) is 3. The number of morpholine rings is 1. The Bertz CT molecular complexity index is 675. The summed E-state index contributed by atoms with van der Waals surface area (Å²) in [4.78, 5) is 19.3. The maximum Gasteiger partial charge on any atom is 0.224 e. The van der Waals surface area contributed by atoms with Gasteiger partial charge in [0.05, 0.1) is 26.2 Å². The Morgan fingerprint density at radius 2 is 1.81 bits per heavy atom. The molecule has 8 heteroatoms. The first-order valence-corrected chi connectivity index (χ1v) is 11.3. The molecule has 31 heavy (non-hydrogen) atoms. The molecule has 1 aliphatic rings. The fourth-order valence-electron chi connectivity index (χ4n) is 3.60. The Morgan fingerprint density at radius 3 is 2.45 bits per heavy atom. The van der Waals surface area contributed by atoms with E-state index < -0.39 is 0 Å². The highest BCUT2D eigenvalue weighted by atomic mass is 19.1. The van der Waals surface area contributed by atoms with Crippen molar-refractivity contribution in [1.29, 1.82) is 0 Å². The summed E-state index contributed by atoms with van der Waals surface area (Å²) in [7, 11) is 0. The first-order chi connectivity index (χ1) is 15.0. The lowest BCUT2D eigenvalue weighted by molar-refractivity contribution is -0.120. The van der Waals surface area contributed by atoms with Crippen molar-refractivity contribution in [1.82, 2.24) is 20.9 Å². The quantitative estimate of drug-likeness (QED) is 0.281. The lowest BCUT2D eigenvalue weighted by Crippen LogP contribution is -2.47. The zero-order chi connectivity index (χ0) is 22.5. The molecule has 1 aliphatic heterocycles. The van der Waals surface area contributed by atoms with E-state index in [1.54, 1.807) is 12.1 Å². The van der Waals surface area contributed by atoms with Crippen LogP contribution in [0.25, 0.3) is 0 Å². The normalized spacial score (nSPS) is 16.2. The molecule has 1 aromatic carbocycles. The van der Waals surface area contributed by atoms with Crippen LogP contribution in [0.1, 0.15) is 32.8 Å². The van der Waals surface area contributed by atoms with Gasteiger partial charge in [-0.15, -0.1) is 0 Å². The minimum absolute atomic E-state index is 0.0836. The standard InChI is InChI=1S/C23H38FN5O2/c1-4-25-23(28-17-21(15-18(2)3)29-11-13-31-14-12-29)27-10-9-26-22(30)16-19-5-7-20(24)8-6-19/h5-8,18,21H,4,9-17H2,1-3H3,(H,26,30)(H2,25,27,28). The third kappa shape index (κ3) is 10.1. The van der Waals surface area contributed by atoms with Crippen molar-refractivity contribution in [2.75, 3.05) is 52.5 Å². The summed E-state index contributed by atoms with van der Waals surface area (Å²) in [6.45, 7) is 12.6. The van der Waals surface area contributed by atoms with E-state index in [4.69, 9.17) is 9.73 Å². The third-order valence-electron chi connectivity index (χ3n) is 5.13. The van der Waals surface area contributed by atoms with Crippen LogP contribution in [0, 0.1) is 11.7 Å². The fourth-order valence-corrected chi connectivity index (χ4v) is 3.60. The molecule has 1 unspecified atom stereocenters. The van der Waals surface area contributed by atoms with Crippen LogP contribution < -0.4 is 16.0 Å². The second-order valence-electron chi connectivity index (χ2n) is 8.23. The molecule has 1 heterocycles. The highest BCUT2D eigenvalue weighted by Crippen LogP contribution is 2.14. The zero-order valence-corrected chi connectivity index (χ0v) is 19.1. The maximum atomic E-state index is 13.0. The number of hydrogen-bond acceptors (Lipinski definition) is 4. The molecule has 0 radical (unpaired) electrons. The Morgan fingerprint density at radius 1 is 1.13 bits per heavy atom. The number of nitrogens with one attached hydrogen (secondary N) is 3. The molecular weight excluding hydrogens is 397 g/mol. The van der Waals surface area contributed by atoms with Gasteiger partial charge in [-0.2, -0.15) is 0 Å². The molecule has 1 atom stereocenters. The van der Waals surface area contributed by atoms with Gasteiger partial charge in [-0.25, -0.2) is 4.39 Å². The number of benzene rings is 1. The lowest BCUT2D eigenvalue weighted by atomic mass is 10.0. The van der Waals surface area contributed by atoms with Gasteiger partial charge in [0, 0.05) is 38.8 Å². The molecule has 0 aromatic heterocycles. The zero-order valence-electron chi connectivity index (χ0n) is 19.1. The molecular formula is C23H38FN5O2. The lowest BCUT2D eigenvalue weighted by Gasteiger charge is -2.34. The number of guanidine groups is 1. The highest BCUT2D eigenvalue weighted by molar-refractivity contribution is 5.80. The smallest absolute Gasteiger partial charge is 0.224 e. The predicted octanol–water partition coefficient (Wildman–Crippen LogP) is 1.79. The van der Waals surface area contributed by atoms with E-state index in [9.17, 15) is 9.18 Å². The molecule has 7 nitrogen and oxygen atoms in total. The number of nitrogens with zero attached hydrogens (tertiary/aromatic N) is 2. The number of carbonyl (C=O) groups is 1. The number of aliphatic imine (C=N–C) groups is 1. The van der Waals surface area contributed by atoms with Crippen molar-refractivity contribution in [2.24, 2.45) is 10.9 Å². The van der Waals surface area contributed by atoms with Crippen molar-refractivity contribution < 1.29 is 13.9 Å². The van der Waals surface area contributed by atoms with Gasteiger partial charge in [-0.05, 0) is 37.0 Å². The SMILES string of the molecule is CCNC(=NCC(CC(C)C)N1CCOCC1)NCCNC(=O)Cc1ccc(F)cc1. The van der Waals surface area contributed by atoms with Gasteiger partial charge in [0.25, 0.3) is 0 Å². The Labute approximate surface area is 185 Å². The van der Waals surface area contributed by atoms with Crippen molar-refractivity contribution in [3.05, 3.63) is 35.6 Å². The summed E-state index contributed by atoms with van der Waals surface area (Å²) in [5.41, 5.74) is 0.793. The van der Waals surface area contributed by atoms with E-state index >= 15 is 0 Å². The van der Waals surface area contributed by atoms with Crippen molar-refractivity contribution in [3.8, 4) is 0 Å². The summed E-state index contributed by atoms with van der Waals surface area (Å²) in [5.74, 6) is 0.986. The van der Waals surface area contributed by atoms with Gasteiger partial charge in [0.15, 0.2) is 5.96 Å². The highest BCUT2D eigenvalue weighted by Gasteiger charge is 2.21. The third-order valence-corrected chi connectivity index (χ3v) is 5.13. The average Bonchev–Trinajstić information content (AvgIpc) is 2.76. The van der Waals surface area contributed by atoms with Gasteiger partial charge >= 0.3 is 0 Å². The Kier molecular flexibility index (Phi) is 11.3. The predicted molar refractivity (Wildman–Crippen MR) is 123 cm³/mol. The molecule has 0 spiro atoms. The van der Waals surface area contributed by atoms with Crippen LogP contribution in [0.15, 0.2) is 29.3 Å². The monoisotopic (exact) mass is 435 g/mol. The molecule has 2 rings (SSSR count). The summed E-state index contributed by atoms with van der Waals surface area (Å²) in [5, 5.41) is 9.45. The average molecular weight is 436 g/mol. The molecule has 1 aromatic rings. The first kappa shape index (κ1) is 25.1. The van der Waals surface area contributed by atoms with Crippen molar-refractivity contribution in [2.45, 2.75) is 39.7 Å². The van der Waals surface area contributed by atoms with E-state index in [0.29, 0.717) is 25.0 Å². The van der Waals surface area contributed by atoms with Crippen LogP contribution in [-0.4, -0.2) is 75.3 Å². The molecule has 1 fully saturated rings. The van der Waals surface area contributed by atoms with Gasteiger partial charge in [-0.3, -0.25) is 14.7 Å². The van der Waals surface area contributed by atoms with Crippen LogP contribution in [0.3, 0.4) is 0 Å². The van der Waals surface area contributed by atoms with Crippen LogP contribution in [0.2, 0.25) is 0 Å². The van der Waals surface area contributed by atoms with Gasteiger partial charge in [-0.1, -0.05) is 26.0 Å². The second-order valence-corrected chi connectivity index (χ2v) is 8.23. The van der Waals surface area contributed by atoms with Crippen molar-refractivity contribution >= 4 is 11.9 Å².